The Kier molecular flexibility index (Phi) is 5.24. The average molecular weight is 367 g/mol. The van der Waals surface area contributed by atoms with Gasteiger partial charge in [0.15, 0.2) is 11.6 Å². The van der Waals surface area contributed by atoms with Crippen LogP contribution >= 0.6 is 0 Å². The van der Waals surface area contributed by atoms with Gasteiger partial charge in [-0.25, -0.2) is 0 Å². The minimum atomic E-state index is -0.255. The highest BCUT2D eigenvalue weighted by Crippen LogP contribution is 2.23. The molecule has 0 radical (unpaired) electrons. The zero-order valence-electron chi connectivity index (χ0n) is 16.5. The molecule has 0 aliphatic carbocycles. The van der Waals surface area contributed by atoms with Crippen LogP contribution in [0.15, 0.2) is 54.6 Å². The van der Waals surface area contributed by atoms with Crippen LogP contribution in [0, 0.1) is 39.0 Å². The summed E-state index contributed by atoms with van der Waals surface area (Å²) in [5, 5.41) is 9.73. The van der Waals surface area contributed by atoms with E-state index < -0.39 is 0 Å². The van der Waals surface area contributed by atoms with Crippen LogP contribution in [0.1, 0.15) is 59.7 Å². The first-order valence-electron chi connectivity index (χ1n) is 9.10. The fraction of sp³-hybridized carbons (Fsp3) is 0.160. The smallest absolute Gasteiger partial charge is 0.194 e. The third-order valence-corrected chi connectivity index (χ3v) is 5.20. The van der Waals surface area contributed by atoms with Crippen LogP contribution in [0.5, 0.6) is 0 Å². The van der Waals surface area contributed by atoms with Crippen LogP contribution in [0.2, 0.25) is 0 Å². The predicted octanol–water partition coefficient (Wildman–Crippen LogP) is 5.25. The molecule has 0 bridgehead atoms. The molecule has 3 nitrogen and oxygen atoms in total. The summed E-state index contributed by atoms with van der Waals surface area (Å²) in [5.74, 6) is -0.510. The standard InChI is InChI=1S/C25H21NO2/c1-15-8-10-19(12-17(15)3)24(27)21-6-5-7-22(23(21)14-26)25(28)20-11-9-16(2)18(4)13-20/h5-13H,1-4H3. The monoisotopic (exact) mass is 367 g/mol. The molecule has 0 saturated heterocycles. The number of ketones is 2. The summed E-state index contributed by atoms with van der Waals surface area (Å²) in [6, 6.07) is 17.9. The minimum Gasteiger partial charge on any atom is -0.289 e. The minimum absolute atomic E-state index is 0.119. The second-order valence-corrected chi connectivity index (χ2v) is 7.10. The van der Waals surface area contributed by atoms with Gasteiger partial charge in [-0.2, -0.15) is 5.26 Å². The number of hydrogen-bond acceptors (Lipinski definition) is 3. The molecule has 0 unspecified atom stereocenters. The fourth-order valence-electron chi connectivity index (χ4n) is 3.13. The molecular weight excluding hydrogens is 346 g/mol. The van der Waals surface area contributed by atoms with E-state index in [9.17, 15) is 14.9 Å². The largest absolute Gasteiger partial charge is 0.289 e. The average Bonchev–Trinajstić information content (AvgIpc) is 2.70. The van der Waals surface area contributed by atoms with E-state index in [-0.39, 0.29) is 28.3 Å². The maximum Gasteiger partial charge on any atom is 0.194 e. The molecule has 0 spiro atoms. The van der Waals surface area contributed by atoms with Crippen molar-refractivity contribution in [2.24, 2.45) is 0 Å². The lowest BCUT2D eigenvalue weighted by Gasteiger charge is -2.10. The first-order chi connectivity index (χ1) is 13.3. The first-order valence-corrected chi connectivity index (χ1v) is 9.10. The van der Waals surface area contributed by atoms with E-state index in [1.165, 1.54) is 0 Å². The number of aryl methyl sites for hydroxylation is 4. The number of carbonyl (C=O) groups excluding carboxylic acids is 2. The van der Waals surface area contributed by atoms with Crippen LogP contribution in [0.25, 0.3) is 0 Å². The molecule has 138 valence electrons. The molecule has 0 fully saturated rings. The zero-order chi connectivity index (χ0) is 20.4. The van der Waals surface area contributed by atoms with E-state index in [4.69, 9.17) is 0 Å². The molecule has 0 N–H and O–H groups in total. The fourth-order valence-corrected chi connectivity index (χ4v) is 3.13. The molecule has 0 amide bonds. The Balaban J connectivity index is 2.09. The van der Waals surface area contributed by atoms with E-state index in [1.54, 1.807) is 30.3 Å². The third kappa shape index (κ3) is 3.50. The lowest BCUT2D eigenvalue weighted by atomic mass is 9.90. The highest BCUT2D eigenvalue weighted by atomic mass is 16.1. The van der Waals surface area contributed by atoms with Gasteiger partial charge >= 0.3 is 0 Å². The molecule has 3 aromatic rings. The van der Waals surface area contributed by atoms with Crippen LogP contribution < -0.4 is 0 Å². The summed E-state index contributed by atoms with van der Waals surface area (Å²) in [6.45, 7) is 7.84. The van der Waals surface area contributed by atoms with Crippen molar-refractivity contribution in [2.45, 2.75) is 27.7 Å². The van der Waals surface area contributed by atoms with E-state index in [1.807, 2.05) is 52.0 Å². The van der Waals surface area contributed by atoms with E-state index in [0.29, 0.717) is 11.1 Å². The maximum atomic E-state index is 13.0. The van der Waals surface area contributed by atoms with Gasteiger partial charge in [-0.1, -0.05) is 30.3 Å². The molecule has 0 aliphatic rings. The Bertz CT molecular complexity index is 1070. The molecule has 3 aromatic carbocycles. The normalized spacial score (nSPS) is 10.4. The molecule has 3 rings (SSSR count). The topological polar surface area (TPSA) is 57.9 Å². The van der Waals surface area contributed by atoms with Gasteiger partial charge in [0.05, 0.1) is 5.56 Å². The summed E-state index contributed by atoms with van der Waals surface area (Å²) in [4.78, 5) is 26.1. The number of nitrogens with zero attached hydrogens (tertiary/aromatic N) is 1. The maximum absolute atomic E-state index is 13.0. The van der Waals surface area contributed by atoms with Gasteiger partial charge in [-0.15, -0.1) is 0 Å². The molecule has 0 heterocycles. The van der Waals surface area contributed by atoms with Crippen molar-refractivity contribution >= 4 is 11.6 Å². The van der Waals surface area contributed by atoms with Crippen molar-refractivity contribution in [3.63, 3.8) is 0 Å². The van der Waals surface area contributed by atoms with Gasteiger partial charge in [-0.05, 0) is 74.2 Å². The van der Waals surface area contributed by atoms with Gasteiger partial charge < -0.3 is 0 Å². The molecule has 0 aromatic heterocycles. The second kappa shape index (κ2) is 7.62. The molecule has 0 saturated carbocycles. The quantitative estimate of drug-likeness (QED) is 0.592. The van der Waals surface area contributed by atoms with Gasteiger partial charge in [0.2, 0.25) is 0 Å². The SMILES string of the molecule is Cc1ccc(C(=O)c2cccc(C(=O)c3ccc(C)c(C)c3)c2C#N)cc1C. The molecule has 0 aliphatic heterocycles. The molecule has 3 heteroatoms. The Morgan fingerprint density at radius 1 is 0.679 bits per heavy atom. The number of nitriles is 1. The van der Waals surface area contributed by atoms with Gasteiger partial charge in [-0.3, -0.25) is 9.59 Å². The predicted molar refractivity (Wildman–Crippen MR) is 110 cm³/mol. The summed E-state index contributed by atoms with van der Waals surface area (Å²) in [6.07, 6.45) is 0. The van der Waals surface area contributed by atoms with Gasteiger partial charge in [0.25, 0.3) is 0 Å². The lowest BCUT2D eigenvalue weighted by Crippen LogP contribution is -2.11. The van der Waals surface area contributed by atoms with Crippen LogP contribution in [-0.2, 0) is 0 Å². The molecular formula is C25H21NO2. The first kappa shape index (κ1) is 19.3. The second-order valence-electron chi connectivity index (χ2n) is 7.10. The van der Waals surface area contributed by atoms with Crippen molar-refractivity contribution in [1.82, 2.24) is 0 Å². The van der Waals surface area contributed by atoms with Crippen molar-refractivity contribution < 1.29 is 9.59 Å². The third-order valence-electron chi connectivity index (χ3n) is 5.20. The Morgan fingerprint density at radius 3 is 1.46 bits per heavy atom. The van der Waals surface area contributed by atoms with E-state index >= 15 is 0 Å². The molecule has 28 heavy (non-hydrogen) atoms. The zero-order valence-corrected chi connectivity index (χ0v) is 16.5. The van der Waals surface area contributed by atoms with Gasteiger partial charge in [0.1, 0.15) is 6.07 Å². The Labute approximate surface area is 165 Å². The van der Waals surface area contributed by atoms with Crippen molar-refractivity contribution in [3.05, 3.63) is 105 Å². The van der Waals surface area contributed by atoms with E-state index in [2.05, 4.69) is 6.07 Å². The number of carbonyl (C=O) groups is 2. The highest BCUT2D eigenvalue weighted by Gasteiger charge is 2.21. The number of benzene rings is 3. The van der Waals surface area contributed by atoms with Crippen LogP contribution in [-0.4, -0.2) is 11.6 Å². The lowest BCUT2D eigenvalue weighted by molar-refractivity contribution is 0.103. The summed E-state index contributed by atoms with van der Waals surface area (Å²) >= 11 is 0. The Hall–Kier alpha value is -3.51. The van der Waals surface area contributed by atoms with Crippen LogP contribution in [0.4, 0.5) is 0 Å². The number of rotatable bonds is 4. The Morgan fingerprint density at radius 2 is 1.11 bits per heavy atom. The summed E-state index contributed by atoms with van der Waals surface area (Å²) in [7, 11) is 0. The summed E-state index contributed by atoms with van der Waals surface area (Å²) < 4.78 is 0. The van der Waals surface area contributed by atoms with Crippen molar-refractivity contribution in [3.8, 4) is 6.07 Å². The summed E-state index contributed by atoms with van der Waals surface area (Å²) in [5.41, 5.74) is 5.84. The number of hydrogen-bond donors (Lipinski definition) is 0. The van der Waals surface area contributed by atoms with E-state index in [0.717, 1.165) is 22.3 Å². The van der Waals surface area contributed by atoms with Crippen molar-refractivity contribution in [1.29, 1.82) is 5.26 Å². The highest BCUT2D eigenvalue weighted by molar-refractivity contribution is 6.15. The molecule has 0 atom stereocenters. The van der Waals surface area contributed by atoms with Crippen LogP contribution in [0.3, 0.4) is 0 Å². The van der Waals surface area contributed by atoms with Gasteiger partial charge in [0, 0.05) is 22.3 Å². The van der Waals surface area contributed by atoms with Crippen molar-refractivity contribution in [2.75, 3.05) is 0 Å².